The Bertz CT molecular complexity index is 996. The third-order valence-corrected chi connectivity index (χ3v) is 4.01. The van der Waals surface area contributed by atoms with Gasteiger partial charge < -0.3 is 15.6 Å². The molecule has 1 aromatic heterocycles. The number of rotatable bonds is 4. The Morgan fingerprint density at radius 1 is 1.23 bits per heavy atom. The Kier molecular flexibility index (Phi) is 4.73. The Labute approximate surface area is 152 Å². The summed E-state index contributed by atoms with van der Waals surface area (Å²) in [6.45, 7) is 1.53. The molecule has 0 saturated carbocycles. The Morgan fingerprint density at radius 3 is 2.65 bits per heavy atom. The van der Waals surface area contributed by atoms with E-state index in [1.165, 1.54) is 37.3 Å². The molecule has 0 atom stereocenters. The van der Waals surface area contributed by atoms with Gasteiger partial charge in [-0.15, -0.1) is 0 Å². The molecular formula is C18H13ClFN3O3. The van der Waals surface area contributed by atoms with Crippen LogP contribution in [0, 0.1) is 12.7 Å². The van der Waals surface area contributed by atoms with Crippen LogP contribution in [-0.4, -0.2) is 17.0 Å². The van der Waals surface area contributed by atoms with E-state index in [0.29, 0.717) is 5.69 Å². The number of halogens is 2. The highest BCUT2D eigenvalue weighted by atomic mass is 35.5. The van der Waals surface area contributed by atoms with Crippen molar-refractivity contribution in [3.05, 3.63) is 70.2 Å². The lowest BCUT2D eigenvalue weighted by Crippen LogP contribution is -2.15. The van der Waals surface area contributed by atoms with E-state index in [0.717, 1.165) is 0 Å². The van der Waals surface area contributed by atoms with E-state index in [4.69, 9.17) is 21.9 Å². The second-order valence-electron chi connectivity index (χ2n) is 5.46. The number of hydrogen-bond acceptors (Lipinski definition) is 4. The number of primary amides is 1. The zero-order chi connectivity index (χ0) is 18.8. The van der Waals surface area contributed by atoms with Gasteiger partial charge in [0.15, 0.2) is 0 Å². The number of hydrogen-bond donors (Lipinski definition) is 2. The van der Waals surface area contributed by atoms with E-state index >= 15 is 0 Å². The van der Waals surface area contributed by atoms with Crippen molar-refractivity contribution >= 4 is 29.1 Å². The van der Waals surface area contributed by atoms with Crippen LogP contribution in [0.4, 0.5) is 10.1 Å². The maximum Gasteiger partial charge on any atom is 0.261 e. The average Bonchev–Trinajstić information content (AvgIpc) is 2.96. The molecule has 0 radical (unpaired) electrons. The summed E-state index contributed by atoms with van der Waals surface area (Å²) < 4.78 is 19.3. The van der Waals surface area contributed by atoms with E-state index in [2.05, 4.69) is 10.5 Å². The van der Waals surface area contributed by atoms with Crippen LogP contribution in [0.15, 0.2) is 47.0 Å². The van der Waals surface area contributed by atoms with Crippen molar-refractivity contribution in [1.29, 1.82) is 0 Å². The van der Waals surface area contributed by atoms with Crippen LogP contribution in [-0.2, 0) is 0 Å². The molecular weight excluding hydrogens is 361 g/mol. The van der Waals surface area contributed by atoms with Crippen LogP contribution in [0.2, 0.25) is 5.02 Å². The molecule has 1 heterocycles. The van der Waals surface area contributed by atoms with Gasteiger partial charge in [0.25, 0.3) is 5.91 Å². The molecule has 0 saturated heterocycles. The number of carbonyl (C=O) groups excluding carboxylic acids is 2. The first-order valence-corrected chi connectivity index (χ1v) is 7.88. The molecule has 0 bridgehead atoms. The largest absolute Gasteiger partial charge is 0.366 e. The van der Waals surface area contributed by atoms with Gasteiger partial charge in [-0.2, -0.15) is 0 Å². The fourth-order valence-corrected chi connectivity index (χ4v) is 2.73. The predicted octanol–water partition coefficient (Wildman–Crippen LogP) is 3.79. The summed E-state index contributed by atoms with van der Waals surface area (Å²) in [6, 6.07) is 10.3. The second kappa shape index (κ2) is 6.97. The van der Waals surface area contributed by atoms with Crippen molar-refractivity contribution in [1.82, 2.24) is 5.16 Å². The summed E-state index contributed by atoms with van der Waals surface area (Å²) in [5, 5.41) is 6.50. The summed E-state index contributed by atoms with van der Waals surface area (Å²) in [5.41, 5.74) is 5.83. The van der Waals surface area contributed by atoms with Gasteiger partial charge in [-0.3, -0.25) is 9.59 Å². The van der Waals surface area contributed by atoms with Crippen molar-refractivity contribution in [3.63, 3.8) is 0 Å². The third-order valence-electron chi connectivity index (χ3n) is 3.69. The van der Waals surface area contributed by atoms with Gasteiger partial charge in [0.2, 0.25) is 5.91 Å². The first-order chi connectivity index (χ1) is 12.4. The van der Waals surface area contributed by atoms with Crippen LogP contribution < -0.4 is 11.1 Å². The Morgan fingerprint density at radius 2 is 1.96 bits per heavy atom. The molecule has 3 rings (SSSR count). The van der Waals surface area contributed by atoms with Crippen LogP contribution in [0.3, 0.4) is 0 Å². The van der Waals surface area contributed by atoms with E-state index in [-0.39, 0.29) is 33.2 Å². The maximum atomic E-state index is 14.2. The fourth-order valence-electron chi connectivity index (χ4n) is 2.48. The summed E-state index contributed by atoms with van der Waals surface area (Å²) in [4.78, 5) is 24.0. The highest BCUT2D eigenvalue weighted by Gasteiger charge is 2.25. The zero-order valence-corrected chi connectivity index (χ0v) is 14.3. The number of nitrogens with one attached hydrogen (secondary N) is 1. The molecule has 3 aromatic rings. The maximum absolute atomic E-state index is 14.2. The minimum absolute atomic E-state index is 0.00541. The summed E-state index contributed by atoms with van der Waals surface area (Å²) >= 11 is 6.06. The number of anilines is 1. The van der Waals surface area contributed by atoms with Crippen LogP contribution >= 0.6 is 11.6 Å². The van der Waals surface area contributed by atoms with Gasteiger partial charge in [0, 0.05) is 11.3 Å². The first-order valence-electron chi connectivity index (χ1n) is 7.50. The second-order valence-corrected chi connectivity index (χ2v) is 5.87. The molecule has 0 unspecified atom stereocenters. The van der Waals surface area contributed by atoms with Crippen molar-refractivity contribution in [2.45, 2.75) is 6.92 Å². The standard InChI is InChI=1S/C18H13ClFN3O3/c1-9-14(16(23-26-9)15-12(19)6-3-7-13(15)20)18(25)22-11-5-2-4-10(8-11)17(21)24/h2-8H,1H3,(H2,21,24)(H,22,25). The molecule has 0 spiro atoms. The minimum atomic E-state index is -0.629. The van der Waals surface area contributed by atoms with Gasteiger partial charge in [0.1, 0.15) is 22.8 Å². The lowest BCUT2D eigenvalue weighted by atomic mass is 10.0. The van der Waals surface area contributed by atoms with Crippen LogP contribution in [0.25, 0.3) is 11.3 Å². The molecule has 0 aliphatic heterocycles. The average molecular weight is 374 g/mol. The molecule has 2 aromatic carbocycles. The molecule has 26 heavy (non-hydrogen) atoms. The van der Waals surface area contributed by atoms with E-state index < -0.39 is 17.6 Å². The quantitative estimate of drug-likeness (QED) is 0.726. The minimum Gasteiger partial charge on any atom is -0.366 e. The van der Waals surface area contributed by atoms with E-state index in [1.807, 2.05) is 0 Å². The van der Waals surface area contributed by atoms with E-state index in [9.17, 15) is 14.0 Å². The molecule has 0 fully saturated rings. The molecule has 2 amide bonds. The molecule has 6 nitrogen and oxygen atoms in total. The van der Waals surface area contributed by atoms with Crippen LogP contribution in [0.5, 0.6) is 0 Å². The topological polar surface area (TPSA) is 98.2 Å². The van der Waals surface area contributed by atoms with Crippen molar-refractivity contribution < 1.29 is 18.5 Å². The summed E-state index contributed by atoms with van der Waals surface area (Å²) in [5.74, 6) is -1.64. The third kappa shape index (κ3) is 3.29. The number of amides is 2. The number of benzene rings is 2. The number of nitrogens with zero attached hydrogens (tertiary/aromatic N) is 1. The van der Waals surface area contributed by atoms with Crippen molar-refractivity contribution in [3.8, 4) is 11.3 Å². The highest BCUT2D eigenvalue weighted by Crippen LogP contribution is 2.33. The fraction of sp³-hybridized carbons (Fsp3) is 0.0556. The summed E-state index contributed by atoms with van der Waals surface area (Å²) in [7, 11) is 0. The number of nitrogens with two attached hydrogens (primary N) is 1. The Hall–Kier alpha value is -3.19. The molecule has 0 aliphatic carbocycles. The normalized spacial score (nSPS) is 10.6. The van der Waals surface area contributed by atoms with Gasteiger partial charge in [-0.05, 0) is 37.3 Å². The van der Waals surface area contributed by atoms with Crippen molar-refractivity contribution in [2.24, 2.45) is 5.73 Å². The smallest absolute Gasteiger partial charge is 0.261 e. The number of carbonyl (C=O) groups is 2. The van der Waals surface area contributed by atoms with Gasteiger partial charge in [-0.1, -0.05) is 28.9 Å². The van der Waals surface area contributed by atoms with Gasteiger partial charge >= 0.3 is 0 Å². The van der Waals surface area contributed by atoms with Crippen LogP contribution in [0.1, 0.15) is 26.5 Å². The predicted molar refractivity (Wildman–Crippen MR) is 94.6 cm³/mol. The van der Waals surface area contributed by atoms with Gasteiger partial charge in [-0.25, -0.2) is 4.39 Å². The monoisotopic (exact) mass is 373 g/mol. The Balaban J connectivity index is 2.00. The number of aryl methyl sites for hydroxylation is 1. The lowest BCUT2D eigenvalue weighted by Gasteiger charge is -2.08. The number of aromatic nitrogens is 1. The van der Waals surface area contributed by atoms with Gasteiger partial charge in [0.05, 0.1) is 10.6 Å². The first kappa shape index (κ1) is 17.6. The SMILES string of the molecule is Cc1onc(-c2c(F)cccc2Cl)c1C(=O)Nc1cccc(C(N)=O)c1. The highest BCUT2D eigenvalue weighted by molar-refractivity contribution is 6.33. The zero-order valence-electron chi connectivity index (χ0n) is 13.5. The summed E-state index contributed by atoms with van der Waals surface area (Å²) in [6.07, 6.45) is 0. The molecule has 3 N–H and O–H groups in total. The van der Waals surface area contributed by atoms with E-state index in [1.54, 1.807) is 12.1 Å². The molecule has 8 heteroatoms. The molecule has 0 aliphatic rings. The lowest BCUT2D eigenvalue weighted by molar-refractivity contribution is 0.0996. The van der Waals surface area contributed by atoms with Crippen molar-refractivity contribution in [2.75, 3.05) is 5.32 Å². The molecule has 132 valence electrons.